The molecule has 1 spiro atoms. The first-order chi connectivity index (χ1) is 18.1. The average Bonchev–Trinajstić information content (AvgIpc) is 3.33. The van der Waals surface area contributed by atoms with Crippen molar-refractivity contribution in [3.63, 3.8) is 0 Å². The van der Waals surface area contributed by atoms with Gasteiger partial charge in [0.1, 0.15) is 5.75 Å². The van der Waals surface area contributed by atoms with E-state index in [9.17, 15) is 14.7 Å². The fraction of sp³-hybridized carbons (Fsp3) is 0.517. The molecule has 2 aromatic rings. The van der Waals surface area contributed by atoms with Crippen LogP contribution in [0.25, 0.3) is 0 Å². The number of nitrogens with zero attached hydrogens (tertiary/aromatic N) is 1. The molecule has 1 fully saturated rings. The van der Waals surface area contributed by atoms with Gasteiger partial charge in [0.05, 0.1) is 34.1 Å². The van der Waals surface area contributed by atoms with Gasteiger partial charge in [-0.2, -0.15) is 0 Å². The van der Waals surface area contributed by atoms with Crippen molar-refractivity contribution in [1.29, 1.82) is 0 Å². The van der Waals surface area contributed by atoms with Crippen molar-refractivity contribution >= 4 is 42.4 Å². The lowest BCUT2D eigenvalue weighted by atomic mass is 9.82. The van der Waals surface area contributed by atoms with Crippen LogP contribution in [0.3, 0.4) is 0 Å². The molecule has 0 aromatic heterocycles. The van der Waals surface area contributed by atoms with Crippen LogP contribution in [-0.2, 0) is 24.7 Å². The van der Waals surface area contributed by atoms with E-state index in [0.29, 0.717) is 37.3 Å². The molecule has 7 nitrogen and oxygen atoms in total. The molecule has 0 bridgehead atoms. The number of esters is 1. The van der Waals surface area contributed by atoms with E-state index >= 15 is 0 Å². The van der Waals surface area contributed by atoms with Crippen LogP contribution >= 0.6 is 11.6 Å². The number of ether oxygens (including phenoxy) is 3. The molecule has 206 valence electrons. The van der Waals surface area contributed by atoms with Crippen molar-refractivity contribution in [1.82, 2.24) is 0 Å². The number of anilines is 1. The van der Waals surface area contributed by atoms with Crippen LogP contribution in [0.15, 0.2) is 42.5 Å². The van der Waals surface area contributed by atoms with Crippen molar-refractivity contribution in [3.05, 3.63) is 53.1 Å². The van der Waals surface area contributed by atoms with Crippen LogP contribution in [0.4, 0.5) is 5.69 Å². The van der Waals surface area contributed by atoms with Crippen molar-refractivity contribution in [2.45, 2.75) is 62.9 Å². The molecule has 2 heterocycles. The van der Waals surface area contributed by atoms with Gasteiger partial charge < -0.3 is 24.2 Å². The monoisotopic (exact) mass is 559 g/mol. The number of fused-ring (bicyclic) bond motifs is 2. The van der Waals surface area contributed by atoms with Gasteiger partial charge in [-0.25, -0.2) is 0 Å². The zero-order valence-electron chi connectivity index (χ0n) is 22.8. The highest BCUT2D eigenvalue weighted by Crippen LogP contribution is 2.60. The fourth-order valence-corrected chi connectivity index (χ4v) is 10.8. The summed E-state index contributed by atoms with van der Waals surface area (Å²) < 4.78 is 17.0. The molecule has 1 N–H and O–H groups in total. The summed E-state index contributed by atoms with van der Waals surface area (Å²) in [5.74, 6) is 0.308. The van der Waals surface area contributed by atoms with E-state index in [1.165, 1.54) is 12.3 Å². The highest BCUT2D eigenvalue weighted by Gasteiger charge is 2.66. The van der Waals surface area contributed by atoms with Gasteiger partial charge in [0.25, 0.3) is 5.91 Å². The number of aliphatic hydroxyl groups is 1. The first kappa shape index (κ1) is 28.6. The second kappa shape index (κ2) is 11.4. The molecule has 2 aliphatic rings. The summed E-state index contributed by atoms with van der Waals surface area (Å²) in [6.07, 6.45) is 1.76. The maximum Gasteiger partial charge on any atom is 0.305 e. The van der Waals surface area contributed by atoms with Crippen LogP contribution in [0.2, 0.25) is 23.7 Å². The van der Waals surface area contributed by atoms with Crippen LogP contribution in [0.5, 0.6) is 5.75 Å². The van der Waals surface area contributed by atoms with E-state index in [1.807, 2.05) is 24.3 Å². The normalized spacial score (nSPS) is 24.7. The quantitative estimate of drug-likeness (QED) is 0.259. The average molecular weight is 560 g/mol. The Hall–Kier alpha value is -2.39. The molecule has 4 atom stereocenters. The maximum absolute atomic E-state index is 14.3. The number of hydrogen-bond acceptors (Lipinski definition) is 6. The minimum atomic E-state index is -2.22. The summed E-state index contributed by atoms with van der Waals surface area (Å²) in [7, 11) is 0.813. The second-order valence-electron chi connectivity index (χ2n) is 10.8. The van der Waals surface area contributed by atoms with Gasteiger partial charge in [-0.1, -0.05) is 48.9 Å². The predicted molar refractivity (Wildman–Crippen MR) is 151 cm³/mol. The van der Waals surface area contributed by atoms with E-state index in [0.717, 1.165) is 17.0 Å². The van der Waals surface area contributed by atoms with Crippen molar-refractivity contribution in [3.8, 4) is 5.75 Å². The van der Waals surface area contributed by atoms with Gasteiger partial charge in [0.2, 0.25) is 0 Å². The first-order valence-corrected chi connectivity index (χ1v) is 16.7. The Kier molecular flexibility index (Phi) is 8.57. The predicted octanol–water partition coefficient (Wildman–Crippen LogP) is 4.64. The van der Waals surface area contributed by atoms with Crippen LogP contribution in [-0.4, -0.2) is 58.5 Å². The lowest BCUT2D eigenvalue weighted by Crippen LogP contribution is -2.52. The molecule has 9 heteroatoms. The topological polar surface area (TPSA) is 85.3 Å². The van der Waals surface area contributed by atoms with Gasteiger partial charge in [-0.05, 0) is 55.1 Å². The Balaban J connectivity index is 1.72. The van der Waals surface area contributed by atoms with Gasteiger partial charge in [-0.15, -0.1) is 0 Å². The molecule has 4 rings (SSSR count). The number of rotatable bonds is 10. The van der Waals surface area contributed by atoms with Crippen molar-refractivity contribution < 1.29 is 28.9 Å². The van der Waals surface area contributed by atoms with Crippen LogP contribution < -0.4 is 14.8 Å². The summed E-state index contributed by atoms with van der Waals surface area (Å²) in [6.45, 7) is 7.18. The minimum Gasteiger partial charge on any atom is -0.497 e. The third-order valence-corrected chi connectivity index (χ3v) is 13.0. The largest absolute Gasteiger partial charge is 0.497 e. The van der Waals surface area contributed by atoms with Crippen LogP contribution in [0.1, 0.15) is 38.2 Å². The number of unbranched alkanes of at least 4 members (excludes halogenated alkanes) is 1. The van der Waals surface area contributed by atoms with Gasteiger partial charge in [0.15, 0.2) is 5.60 Å². The highest BCUT2D eigenvalue weighted by atomic mass is 35.5. The minimum absolute atomic E-state index is 0.0229. The standard InChI is InChI=1S/C29H38ClNO6Si/c1-19-27(38(4,5)22-12-10-21(35-2)11-13-22)25(15-17-32)37-29(19)23-18-20(30)9-14-24(23)31(28(29)34)16-7-6-8-26(33)36-3/h9-14,18-19,25,27,32H,6-8,15-17H2,1-5H3/t19-,25+,27-,29+/m1/s1. The summed E-state index contributed by atoms with van der Waals surface area (Å²) in [5.41, 5.74) is 0.485. The molecule has 2 aromatic carbocycles. The molecule has 0 radical (unpaired) electrons. The molecule has 0 aliphatic carbocycles. The molecule has 1 amide bonds. The fourth-order valence-electron chi connectivity index (χ4n) is 6.55. The second-order valence-corrected chi connectivity index (χ2v) is 15.9. The van der Waals surface area contributed by atoms with Gasteiger partial charge >= 0.3 is 5.97 Å². The summed E-state index contributed by atoms with van der Waals surface area (Å²) in [6, 6.07) is 13.7. The van der Waals surface area contributed by atoms with Gasteiger partial charge in [-0.3, -0.25) is 9.59 Å². The Morgan fingerprint density at radius 1 is 1.16 bits per heavy atom. The van der Waals surface area contributed by atoms with E-state index in [2.05, 4.69) is 32.2 Å². The summed E-state index contributed by atoms with van der Waals surface area (Å²) >= 11 is 6.47. The third-order valence-electron chi connectivity index (χ3n) is 8.45. The molecule has 2 aliphatic heterocycles. The molecule has 38 heavy (non-hydrogen) atoms. The van der Waals surface area contributed by atoms with E-state index in [1.54, 1.807) is 18.1 Å². The lowest BCUT2D eigenvalue weighted by Gasteiger charge is -2.37. The van der Waals surface area contributed by atoms with E-state index in [4.69, 9.17) is 25.8 Å². The molecule has 0 unspecified atom stereocenters. The smallest absolute Gasteiger partial charge is 0.305 e. The Morgan fingerprint density at radius 3 is 2.50 bits per heavy atom. The Labute approximate surface area is 231 Å². The Morgan fingerprint density at radius 2 is 1.87 bits per heavy atom. The number of carbonyl (C=O) groups excluding carboxylic acids is 2. The SMILES string of the molecule is COC(=O)CCCCN1C(=O)[C@@]2(O[C@@H](CCO)[C@H]([Si](C)(C)c3ccc(OC)cc3)[C@H]2C)c2cc(Cl)ccc21. The summed E-state index contributed by atoms with van der Waals surface area (Å²) in [4.78, 5) is 27.7. The van der Waals surface area contributed by atoms with Crippen molar-refractivity contribution in [2.24, 2.45) is 5.92 Å². The zero-order valence-corrected chi connectivity index (χ0v) is 24.6. The number of carbonyl (C=O) groups is 2. The van der Waals surface area contributed by atoms with E-state index in [-0.39, 0.29) is 36.0 Å². The zero-order chi connectivity index (χ0) is 27.7. The number of halogens is 1. The molecule has 1 saturated heterocycles. The molecule has 0 saturated carbocycles. The number of hydrogen-bond donors (Lipinski definition) is 1. The highest BCUT2D eigenvalue weighted by molar-refractivity contribution is 6.91. The first-order valence-electron chi connectivity index (χ1n) is 13.2. The van der Waals surface area contributed by atoms with Crippen LogP contribution in [0, 0.1) is 5.92 Å². The van der Waals surface area contributed by atoms with Crippen molar-refractivity contribution in [2.75, 3.05) is 32.3 Å². The molecular formula is C29H38ClNO6Si. The number of amides is 1. The number of methoxy groups -OCH3 is 2. The Bertz CT molecular complexity index is 1170. The van der Waals surface area contributed by atoms with Gasteiger partial charge in [0, 0.05) is 36.1 Å². The number of benzene rings is 2. The number of aliphatic hydroxyl groups excluding tert-OH is 1. The summed E-state index contributed by atoms with van der Waals surface area (Å²) in [5, 5.41) is 11.8. The van der Waals surface area contributed by atoms with E-state index < -0.39 is 13.7 Å². The lowest BCUT2D eigenvalue weighted by molar-refractivity contribution is -0.146. The third kappa shape index (κ3) is 4.88. The maximum atomic E-state index is 14.3. The molecular weight excluding hydrogens is 522 g/mol.